The molecule has 0 radical (unpaired) electrons. The van der Waals surface area contributed by atoms with E-state index in [1.54, 1.807) is 12.1 Å². The van der Waals surface area contributed by atoms with Gasteiger partial charge in [-0.2, -0.15) is 0 Å². The van der Waals surface area contributed by atoms with E-state index in [1.807, 2.05) is 31.2 Å². The van der Waals surface area contributed by atoms with Crippen molar-refractivity contribution in [1.82, 2.24) is 0 Å². The lowest BCUT2D eigenvalue weighted by Crippen LogP contribution is -2.25. The maximum Gasteiger partial charge on any atom is 0.586 e. The zero-order chi connectivity index (χ0) is 19.3. The molecule has 0 amide bonds. The minimum atomic E-state index is -3.60. The molecule has 5 heteroatoms. The van der Waals surface area contributed by atoms with Crippen LogP contribution in [0, 0.1) is 6.92 Å². The van der Waals surface area contributed by atoms with Crippen LogP contribution >= 0.6 is 0 Å². The van der Waals surface area contributed by atoms with Gasteiger partial charge >= 0.3 is 6.29 Å². The normalized spacial score (nSPS) is 18.8. The molecule has 1 aliphatic heterocycles. The summed E-state index contributed by atoms with van der Waals surface area (Å²) in [6.45, 7) is 1.87. The lowest BCUT2D eigenvalue weighted by atomic mass is 9.99. The molecule has 0 saturated heterocycles. The minimum Gasteiger partial charge on any atom is -0.395 e. The number of rotatable bonds is 3. The van der Waals surface area contributed by atoms with Crippen LogP contribution in [0.4, 0.5) is 14.5 Å². The molecule has 3 nitrogen and oxygen atoms in total. The summed E-state index contributed by atoms with van der Waals surface area (Å²) in [7, 11) is 0. The zero-order valence-electron chi connectivity index (χ0n) is 15.3. The Morgan fingerprint density at radius 2 is 1.68 bits per heavy atom. The lowest BCUT2D eigenvalue weighted by Gasteiger charge is -2.16. The van der Waals surface area contributed by atoms with Crippen LogP contribution in [-0.2, 0) is 6.42 Å². The summed E-state index contributed by atoms with van der Waals surface area (Å²) in [5, 5.41) is 3.60. The highest BCUT2D eigenvalue weighted by atomic mass is 19.3. The van der Waals surface area contributed by atoms with Gasteiger partial charge in [-0.1, -0.05) is 36.4 Å². The third-order valence-electron chi connectivity index (χ3n) is 5.42. The first-order valence-electron chi connectivity index (χ1n) is 9.34. The molecule has 3 aromatic carbocycles. The number of halogens is 2. The second-order valence-corrected chi connectivity index (χ2v) is 7.29. The Morgan fingerprint density at radius 1 is 0.964 bits per heavy atom. The topological polar surface area (TPSA) is 30.5 Å². The van der Waals surface area contributed by atoms with Crippen molar-refractivity contribution in [3.63, 3.8) is 0 Å². The van der Waals surface area contributed by atoms with E-state index in [-0.39, 0.29) is 11.5 Å². The summed E-state index contributed by atoms with van der Waals surface area (Å²) in [6, 6.07) is 20.1. The molecule has 1 heterocycles. The van der Waals surface area contributed by atoms with Gasteiger partial charge in [0.05, 0.1) is 6.04 Å². The highest BCUT2D eigenvalue weighted by Gasteiger charge is 2.43. The smallest absolute Gasteiger partial charge is 0.395 e. The van der Waals surface area contributed by atoms with E-state index in [0.717, 1.165) is 35.2 Å². The van der Waals surface area contributed by atoms with E-state index in [2.05, 4.69) is 39.1 Å². The van der Waals surface area contributed by atoms with Gasteiger partial charge in [0.2, 0.25) is 0 Å². The first-order chi connectivity index (χ1) is 13.5. The molecule has 5 rings (SSSR count). The van der Waals surface area contributed by atoms with Crippen LogP contribution in [0.25, 0.3) is 11.1 Å². The zero-order valence-corrected chi connectivity index (χ0v) is 15.3. The fourth-order valence-electron chi connectivity index (χ4n) is 4.06. The van der Waals surface area contributed by atoms with Crippen LogP contribution in [-0.4, -0.2) is 6.29 Å². The quantitative estimate of drug-likeness (QED) is 0.598. The molecule has 28 heavy (non-hydrogen) atoms. The molecule has 0 spiro atoms. The number of anilines is 1. The highest BCUT2D eigenvalue weighted by molar-refractivity contribution is 5.73. The summed E-state index contributed by atoms with van der Waals surface area (Å²) in [5.74, 6) is 0.139. The Kier molecular flexibility index (Phi) is 3.79. The van der Waals surface area contributed by atoms with Crippen molar-refractivity contribution in [2.75, 3.05) is 5.32 Å². The molecule has 142 valence electrons. The molecule has 1 N–H and O–H groups in total. The largest absolute Gasteiger partial charge is 0.586 e. The third-order valence-corrected chi connectivity index (χ3v) is 5.42. The van der Waals surface area contributed by atoms with Crippen molar-refractivity contribution in [1.29, 1.82) is 0 Å². The SMILES string of the molecule is Cc1cc2c(cc1-c1ccc(NC3CCc4ccccc43)cc1)OC(F)(F)O2. The molecule has 0 bridgehead atoms. The van der Waals surface area contributed by atoms with E-state index in [4.69, 9.17) is 0 Å². The average Bonchev–Trinajstić information content (AvgIpc) is 3.21. The molecule has 3 aromatic rings. The number of alkyl halides is 2. The molecule has 0 fully saturated rings. The van der Waals surface area contributed by atoms with E-state index in [1.165, 1.54) is 11.1 Å². The standard InChI is InChI=1S/C23H19F2NO2/c1-14-12-21-22(28-23(24,25)27-21)13-19(14)16-6-9-17(10-7-16)26-20-11-8-15-4-2-3-5-18(15)20/h2-7,9-10,12-13,20,26H,8,11H2,1H3. The van der Waals surface area contributed by atoms with Crippen molar-refractivity contribution >= 4 is 5.69 Å². The van der Waals surface area contributed by atoms with E-state index >= 15 is 0 Å². The van der Waals surface area contributed by atoms with E-state index in [9.17, 15) is 8.78 Å². The Balaban J connectivity index is 1.38. The summed E-state index contributed by atoms with van der Waals surface area (Å²) in [5.41, 5.74) is 6.44. The second-order valence-electron chi connectivity index (χ2n) is 7.29. The fraction of sp³-hybridized carbons (Fsp3) is 0.217. The van der Waals surface area contributed by atoms with Crippen LogP contribution < -0.4 is 14.8 Å². The van der Waals surface area contributed by atoms with Crippen molar-refractivity contribution in [2.45, 2.75) is 32.1 Å². The van der Waals surface area contributed by atoms with E-state index < -0.39 is 6.29 Å². The first kappa shape index (κ1) is 17.0. The molecular formula is C23H19F2NO2. The average molecular weight is 379 g/mol. The maximum absolute atomic E-state index is 13.3. The molecule has 1 aliphatic carbocycles. The summed E-state index contributed by atoms with van der Waals surface area (Å²) < 4.78 is 35.7. The van der Waals surface area contributed by atoms with Gasteiger partial charge in [-0.25, -0.2) is 0 Å². The van der Waals surface area contributed by atoms with Gasteiger partial charge < -0.3 is 14.8 Å². The van der Waals surface area contributed by atoms with Gasteiger partial charge in [0, 0.05) is 5.69 Å². The molecular weight excluding hydrogens is 360 g/mol. The third kappa shape index (κ3) is 2.97. The number of aryl methyl sites for hydroxylation is 2. The number of ether oxygens (including phenoxy) is 2. The van der Waals surface area contributed by atoms with Crippen LogP contribution in [0.1, 0.15) is 29.2 Å². The number of nitrogens with one attached hydrogen (secondary N) is 1. The fourth-order valence-corrected chi connectivity index (χ4v) is 4.06. The van der Waals surface area contributed by atoms with Crippen LogP contribution in [0.15, 0.2) is 60.7 Å². The first-order valence-corrected chi connectivity index (χ1v) is 9.34. The number of benzene rings is 3. The van der Waals surface area contributed by atoms with Gasteiger partial charge in [0.15, 0.2) is 11.5 Å². The Labute approximate surface area is 161 Å². The van der Waals surface area contributed by atoms with Crippen LogP contribution in [0.3, 0.4) is 0 Å². The predicted octanol–water partition coefficient (Wildman–Crippen LogP) is 6.08. The lowest BCUT2D eigenvalue weighted by molar-refractivity contribution is -0.286. The monoisotopic (exact) mass is 379 g/mol. The number of fused-ring (bicyclic) bond motifs is 2. The van der Waals surface area contributed by atoms with Crippen molar-refractivity contribution in [3.8, 4) is 22.6 Å². The van der Waals surface area contributed by atoms with E-state index in [0.29, 0.717) is 6.04 Å². The maximum atomic E-state index is 13.3. The summed E-state index contributed by atoms with van der Waals surface area (Å²) >= 11 is 0. The molecule has 0 saturated carbocycles. The van der Waals surface area contributed by atoms with Gasteiger partial charge in [-0.3, -0.25) is 0 Å². The molecule has 1 atom stereocenters. The molecule has 1 unspecified atom stereocenters. The molecule has 2 aliphatic rings. The second kappa shape index (κ2) is 6.23. The Bertz CT molecular complexity index is 1050. The van der Waals surface area contributed by atoms with Crippen LogP contribution in [0.2, 0.25) is 0 Å². The molecule has 0 aromatic heterocycles. The number of hydrogen-bond acceptors (Lipinski definition) is 3. The Hall–Kier alpha value is -3.08. The summed E-state index contributed by atoms with van der Waals surface area (Å²) in [4.78, 5) is 0. The van der Waals surface area contributed by atoms with Gasteiger partial charge in [0.25, 0.3) is 0 Å². The highest BCUT2D eigenvalue weighted by Crippen LogP contribution is 2.44. The summed E-state index contributed by atoms with van der Waals surface area (Å²) in [6.07, 6.45) is -1.43. The predicted molar refractivity (Wildman–Crippen MR) is 104 cm³/mol. The Morgan fingerprint density at radius 3 is 2.46 bits per heavy atom. The van der Waals surface area contributed by atoms with Gasteiger partial charge in [-0.15, -0.1) is 8.78 Å². The van der Waals surface area contributed by atoms with Crippen molar-refractivity contribution < 1.29 is 18.3 Å². The van der Waals surface area contributed by atoms with Crippen molar-refractivity contribution in [2.24, 2.45) is 0 Å². The van der Waals surface area contributed by atoms with Crippen molar-refractivity contribution in [3.05, 3.63) is 77.4 Å². The number of hydrogen-bond donors (Lipinski definition) is 1. The van der Waals surface area contributed by atoms with Gasteiger partial charge in [-0.05, 0) is 71.8 Å². The van der Waals surface area contributed by atoms with Crippen LogP contribution in [0.5, 0.6) is 11.5 Å². The minimum absolute atomic E-state index is 0.0652. The van der Waals surface area contributed by atoms with Gasteiger partial charge in [0.1, 0.15) is 0 Å².